The van der Waals surface area contributed by atoms with E-state index in [9.17, 15) is 48.6 Å². The third-order valence-electron chi connectivity index (χ3n) is 16.1. The van der Waals surface area contributed by atoms with Crippen molar-refractivity contribution in [3.05, 3.63) is 82.6 Å². The molecule has 3 unspecified atom stereocenters. The fourth-order valence-electron chi connectivity index (χ4n) is 11.6. The largest absolute Gasteiger partial charge is 0.508 e. The second kappa shape index (κ2) is 28.8. The Morgan fingerprint density at radius 1 is 0.843 bits per heavy atom. The lowest BCUT2D eigenvalue weighted by Crippen LogP contribution is -2.61. The first kappa shape index (κ1) is 62.7. The Morgan fingerprint density at radius 2 is 1.55 bits per heavy atom. The number of guanidine groups is 2. The number of ketones is 2. The molecule has 26 heteroatoms. The number of aromatic hydroxyl groups is 1. The maximum Gasteiger partial charge on any atom is 0.335 e. The molecule has 0 radical (unpaired) electrons. The minimum Gasteiger partial charge on any atom is -0.508 e. The molecule has 0 saturated carbocycles. The van der Waals surface area contributed by atoms with Gasteiger partial charge < -0.3 is 78.0 Å². The Kier molecular flexibility index (Phi) is 21.8. The maximum absolute atomic E-state index is 14.9. The molecule has 2 aromatic rings. The molecule has 26 nitrogen and oxygen atoms in total. The highest BCUT2D eigenvalue weighted by Crippen LogP contribution is 2.49. The third-order valence-corrected chi connectivity index (χ3v) is 16.1. The van der Waals surface area contributed by atoms with Gasteiger partial charge in [-0.05, 0) is 107 Å². The third kappa shape index (κ3) is 15.8. The SMILES string of the molecule is CCC(C)(C(=O)CNC(=O)[C@H](CCCCNC(=O)c1ccc(C(=O)O)c(C2c3ccc(O)cc3OC3=CC(=O)C=CC32)c1)NC(=O)CN)N1CCC[C@H]1C(=O)N1C[C@H](OCCCNC(=N)N)C[C@H]1C(=O)N1CC[C@@H](OCCCNC(=N)N)C1. The highest BCUT2D eigenvalue weighted by atomic mass is 16.5. The summed E-state index contributed by atoms with van der Waals surface area (Å²) in [6.45, 7) is 5.82. The number of ether oxygens (including phenoxy) is 3. The number of hydrogen-bond donors (Lipinski definition) is 12. The van der Waals surface area contributed by atoms with Gasteiger partial charge in [-0.25, -0.2) is 4.79 Å². The number of unbranched alkanes of at least 4 members (excludes halogenated alkanes) is 1. The van der Waals surface area contributed by atoms with E-state index < -0.39 is 78.4 Å². The molecule has 4 aliphatic heterocycles. The maximum atomic E-state index is 14.9. The van der Waals surface area contributed by atoms with Crippen molar-refractivity contribution in [2.24, 2.45) is 23.1 Å². The number of carboxylic acids is 1. The minimum absolute atomic E-state index is 0.0695. The summed E-state index contributed by atoms with van der Waals surface area (Å²) in [4.78, 5) is 114. The minimum atomic E-state index is -1.24. The second-order valence-electron chi connectivity index (χ2n) is 21.6. The van der Waals surface area contributed by atoms with Crippen LogP contribution in [0.1, 0.15) is 116 Å². The number of rotatable bonds is 28. The van der Waals surface area contributed by atoms with Crippen LogP contribution in [0.5, 0.6) is 11.5 Å². The van der Waals surface area contributed by atoms with Crippen molar-refractivity contribution in [1.82, 2.24) is 41.3 Å². The molecule has 0 spiro atoms. The quantitative estimate of drug-likeness (QED) is 0.0309. The van der Waals surface area contributed by atoms with Gasteiger partial charge >= 0.3 is 5.97 Å². The number of likely N-dealkylation sites (tertiary alicyclic amines) is 3. The van der Waals surface area contributed by atoms with Crippen LogP contribution in [0.4, 0.5) is 0 Å². The number of carboxylic acid groups (broad SMARTS) is 1. The molecule has 450 valence electrons. The predicted molar refractivity (Wildman–Crippen MR) is 303 cm³/mol. The average molecular weight is 1150 g/mol. The van der Waals surface area contributed by atoms with E-state index in [1.807, 2.05) is 11.8 Å². The molecule has 0 aromatic heterocycles. The van der Waals surface area contributed by atoms with Gasteiger partial charge in [-0.1, -0.05) is 19.1 Å². The van der Waals surface area contributed by atoms with E-state index in [4.69, 9.17) is 42.2 Å². The van der Waals surface area contributed by atoms with Crippen LogP contribution in [-0.4, -0.2) is 192 Å². The summed E-state index contributed by atoms with van der Waals surface area (Å²) in [5.74, 6) is -5.35. The van der Waals surface area contributed by atoms with Crippen molar-refractivity contribution in [3.8, 4) is 11.5 Å². The van der Waals surface area contributed by atoms with Gasteiger partial charge in [0.15, 0.2) is 23.5 Å². The zero-order valence-electron chi connectivity index (χ0n) is 47.0. The first-order valence-electron chi connectivity index (χ1n) is 28.4. The number of Topliss-reactive ketones (excluding diaryl/α,β-unsaturated/α-hetero) is 1. The van der Waals surface area contributed by atoms with Crippen LogP contribution < -0.4 is 48.5 Å². The van der Waals surface area contributed by atoms with Crippen molar-refractivity contribution in [1.29, 1.82) is 10.8 Å². The number of carbonyl (C=O) groups is 8. The number of aromatic carboxylic acids is 1. The van der Waals surface area contributed by atoms with Gasteiger partial charge in [0.1, 0.15) is 29.3 Å². The Hall–Kier alpha value is -7.94. The zero-order chi connectivity index (χ0) is 60.0. The topological polar surface area (TPSA) is 400 Å². The van der Waals surface area contributed by atoms with Gasteiger partial charge in [0.25, 0.3) is 5.91 Å². The molecular formula is C57H79N13O13. The van der Waals surface area contributed by atoms with Crippen molar-refractivity contribution >= 4 is 59.0 Å². The molecule has 3 saturated heterocycles. The van der Waals surface area contributed by atoms with Crippen LogP contribution in [-0.2, 0) is 38.2 Å². The first-order valence-corrected chi connectivity index (χ1v) is 28.4. The number of phenols is 1. The fourth-order valence-corrected chi connectivity index (χ4v) is 11.6. The molecule has 5 aliphatic rings. The molecule has 8 atom stereocenters. The normalized spacial score (nSPS) is 22.0. The van der Waals surface area contributed by atoms with Crippen LogP contribution in [0.2, 0.25) is 0 Å². The summed E-state index contributed by atoms with van der Waals surface area (Å²) >= 11 is 0. The molecule has 1 aliphatic carbocycles. The number of nitrogens with zero attached hydrogens (tertiary/aromatic N) is 3. The number of phenolic OH excluding ortho intramolecular Hbond substituents is 1. The van der Waals surface area contributed by atoms with E-state index in [-0.39, 0.29) is 108 Å². The number of fused-ring (bicyclic) bond motifs is 2. The Balaban J connectivity index is 0.954. The average Bonchev–Trinajstić information content (AvgIpc) is 3.87. The van der Waals surface area contributed by atoms with Gasteiger partial charge in [0.05, 0.1) is 42.4 Å². The van der Waals surface area contributed by atoms with Gasteiger partial charge in [-0.2, -0.15) is 0 Å². The lowest BCUT2D eigenvalue weighted by Gasteiger charge is -2.42. The summed E-state index contributed by atoms with van der Waals surface area (Å²) in [6.07, 6.45) is 7.77. The van der Waals surface area contributed by atoms with Crippen molar-refractivity contribution in [2.45, 2.75) is 120 Å². The van der Waals surface area contributed by atoms with E-state index in [1.54, 1.807) is 28.9 Å². The number of hydrogen-bond acceptors (Lipinski definition) is 16. The van der Waals surface area contributed by atoms with Crippen molar-refractivity contribution < 1.29 is 62.8 Å². The van der Waals surface area contributed by atoms with E-state index in [0.29, 0.717) is 96.4 Å². The van der Waals surface area contributed by atoms with Gasteiger partial charge in [-0.15, -0.1) is 0 Å². The number of nitrogens with one attached hydrogen (secondary N) is 7. The monoisotopic (exact) mass is 1150 g/mol. The standard InChI is InChI=1S/C57H79N13O13/c1-3-57(2,70-21-6-10-43(70)53(78)69-32-37(82-24-8-20-65-56(61)62)28-44(69)52(77)68-22-17-36(31-68)81-23-7-19-64-55(59)60)47(73)30-66-51(76)42(67-48(74)29-58)9-4-5-18-63-50(75)33-11-14-38(54(79)80)41(25-33)49-39-15-12-34(71)26-45(39)83-46-27-35(72)13-16-40(46)49/h11-16,25-27,36-37,39,42-44,49,72H,3-10,17-24,28-32,58H2,1-2H3,(H,63,75)(H,66,76)(H,67,74)(H,79,80)(H4,59,60,64)(H4,61,62,65)/t36-,37-,39?,42+,43+,44+,49?,57?/m1/s1. The van der Waals surface area contributed by atoms with Crippen LogP contribution in [0.15, 0.2) is 60.4 Å². The molecule has 5 amide bonds. The summed E-state index contributed by atoms with van der Waals surface area (Å²) in [6, 6.07) is 5.98. The highest BCUT2D eigenvalue weighted by Gasteiger charge is 2.51. The van der Waals surface area contributed by atoms with Crippen LogP contribution >= 0.6 is 0 Å². The zero-order valence-corrected chi connectivity index (χ0v) is 47.0. The predicted octanol–water partition coefficient (Wildman–Crippen LogP) is 0.266. The summed E-state index contributed by atoms with van der Waals surface area (Å²) in [5, 5.41) is 48.9. The Morgan fingerprint density at radius 3 is 2.24 bits per heavy atom. The summed E-state index contributed by atoms with van der Waals surface area (Å²) in [7, 11) is 0. The summed E-state index contributed by atoms with van der Waals surface area (Å²) < 4.78 is 18.2. The lowest BCUT2D eigenvalue weighted by molar-refractivity contribution is -0.149. The lowest BCUT2D eigenvalue weighted by atomic mass is 9.74. The molecule has 2 aromatic carbocycles. The van der Waals surface area contributed by atoms with Crippen LogP contribution in [0.3, 0.4) is 0 Å². The molecule has 7 rings (SSSR count). The van der Waals surface area contributed by atoms with E-state index in [1.165, 1.54) is 42.5 Å². The molecule has 15 N–H and O–H groups in total. The number of amides is 5. The van der Waals surface area contributed by atoms with Gasteiger partial charge in [0.2, 0.25) is 23.6 Å². The van der Waals surface area contributed by atoms with Crippen molar-refractivity contribution in [2.75, 3.05) is 72.1 Å². The van der Waals surface area contributed by atoms with Gasteiger partial charge in [-0.3, -0.25) is 49.3 Å². The van der Waals surface area contributed by atoms with Crippen LogP contribution in [0.25, 0.3) is 0 Å². The Labute approximate surface area is 481 Å². The molecule has 3 fully saturated rings. The number of allylic oxidation sites excluding steroid dienone is 3. The smallest absolute Gasteiger partial charge is 0.335 e. The first-order chi connectivity index (χ1) is 39.7. The fraction of sp³-hybridized carbons (Fsp3) is 0.544. The number of benzene rings is 2. The highest BCUT2D eigenvalue weighted by molar-refractivity contribution is 6.01. The van der Waals surface area contributed by atoms with Crippen LogP contribution in [0, 0.1) is 16.7 Å². The van der Waals surface area contributed by atoms with E-state index in [2.05, 4.69) is 26.6 Å². The van der Waals surface area contributed by atoms with E-state index in [0.717, 1.165) is 0 Å². The molecule has 0 bridgehead atoms. The second-order valence-corrected chi connectivity index (χ2v) is 21.6. The van der Waals surface area contributed by atoms with E-state index >= 15 is 0 Å². The number of nitrogens with two attached hydrogens (primary N) is 3. The molecular weight excluding hydrogens is 1070 g/mol. The molecule has 4 heterocycles. The van der Waals surface area contributed by atoms with Gasteiger partial charge in [0, 0.05) is 94.0 Å². The Bertz CT molecular complexity index is 2850. The number of carbonyl (C=O) groups excluding carboxylic acids is 7. The molecule has 83 heavy (non-hydrogen) atoms. The summed E-state index contributed by atoms with van der Waals surface area (Å²) in [5.41, 5.74) is 16.1. The van der Waals surface area contributed by atoms with Crippen molar-refractivity contribution in [3.63, 3.8) is 0 Å².